The molecule has 0 spiro atoms. The van der Waals surface area contributed by atoms with Gasteiger partial charge in [-0.25, -0.2) is 13.1 Å². The van der Waals surface area contributed by atoms with Crippen molar-refractivity contribution in [1.29, 1.82) is 0 Å². The van der Waals surface area contributed by atoms with Gasteiger partial charge < -0.3 is 5.73 Å². The molecule has 0 radical (unpaired) electrons. The van der Waals surface area contributed by atoms with Crippen molar-refractivity contribution in [1.82, 2.24) is 4.72 Å². The highest BCUT2D eigenvalue weighted by molar-refractivity contribution is 7.99. The van der Waals surface area contributed by atoms with Crippen LogP contribution < -0.4 is 10.5 Å². The van der Waals surface area contributed by atoms with Crippen LogP contribution in [-0.4, -0.2) is 31.0 Å². The van der Waals surface area contributed by atoms with Gasteiger partial charge in [-0.3, -0.25) is 0 Å². The molecule has 0 aliphatic rings. The third-order valence-electron chi connectivity index (χ3n) is 2.44. The fourth-order valence-electron chi connectivity index (χ4n) is 1.52. The maximum absolute atomic E-state index is 12.2. The number of halogens is 1. The number of benzene rings is 1. The first kappa shape index (κ1) is 17.7. The lowest BCUT2D eigenvalue weighted by Crippen LogP contribution is -2.34. The highest BCUT2D eigenvalue weighted by atomic mass is 35.5. The lowest BCUT2D eigenvalue weighted by molar-refractivity contribution is 0.571. The average molecular weight is 353 g/mol. The molecule has 0 aliphatic carbocycles. The minimum absolute atomic E-state index is 0.107. The third kappa shape index (κ3) is 4.89. The first-order valence-corrected chi connectivity index (χ1v) is 9.39. The van der Waals surface area contributed by atoms with Crippen LogP contribution in [0.4, 0.5) is 0 Å². The minimum atomic E-state index is -3.59. The van der Waals surface area contributed by atoms with Gasteiger partial charge >= 0.3 is 0 Å². The SMILES string of the molecule is CCSCC(C)NS(=O)(=O)c1ccc(C(N)=S)c(Cl)c1. The average Bonchev–Trinajstić information content (AvgIpc) is 2.35. The van der Waals surface area contributed by atoms with E-state index < -0.39 is 10.0 Å². The minimum Gasteiger partial charge on any atom is -0.389 e. The van der Waals surface area contributed by atoms with Crippen LogP contribution in [0, 0.1) is 0 Å². The van der Waals surface area contributed by atoms with Crippen LogP contribution >= 0.6 is 35.6 Å². The summed E-state index contributed by atoms with van der Waals surface area (Å²) in [7, 11) is -3.59. The number of nitrogens with two attached hydrogens (primary N) is 1. The Labute approximate surface area is 134 Å². The second kappa shape index (κ2) is 7.61. The van der Waals surface area contributed by atoms with Crippen molar-refractivity contribution in [2.75, 3.05) is 11.5 Å². The summed E-state index contributed by atoms with van der Waals surface area (Å²) in [4.78, 5) is 0.246. The number of thiocarbonyl (C=S) groups is 1. The van der Waals surface area contributed by atoms with Crippen LogP contribution in [0.25, 0.3) is 0 Å². The van der Waals surface area contributed by atoms with Crippen molar-refractivity contribution in [2.24, 2.45) is 5.73 Å². The van der Waals surface area contributed by atoms with Gasteiger partial charge in [0.2, 0.25) is 10.0 Å². The van der Waals surface area contributed by atoms with E-state index in [1.54, 1.807) is 11.8 Å². The number of sulfonamides is 1. The Balaban J connectivity index is 2.93. The molecule has 0 bridgehead atoms. The number of rotatable bonds is 7. The Morgan fingerprint density at radius 2 is 2.20 bits per heavy atom. The van der Waals surface area contributed by atoms with E-state index in [1.165, 1.54) is 18.2 Å². The van der Waals surface area contributed by atoms with Crippen molar-refractivity contribution in [3.8, 4) is 0 Å². The zero-order valence-electron chi connectivity index (χ0n) is 11.2. The van der Waals surface area contributed by atoms with E-state index in [0.717, 1.165) is 5.75 Å². The number of hydrogen-bond acceptors (Lipinski definition) is 4. The van der Waals surface area contributed by atoms with Crippen LogP contribution in [0.1, 0.15) is 19.4 Å². The van der Waals surface area contributed by atoms with Gasteiger partial charge in [-0.05, 0) is 30.9 Å². The van der Waals surface area contributed by atoms with Gasteiger partial charge in [0, 0.05) is 17.4 Å². The van der Waals surface area contributed by atoms with Gasteiger partial charge in [0.25, 0.3) is 0 Å². The summed E-state index contributed by atoms with van der Waals surface area (Å²) in [6.45, 7) is 3.85. The van der Waals surface area contributed by atoms with E-state index in [2.05, 4.69) is 4.72 Å². The summed E-state index contributed by atoms with van der Waals surface area (Å²) in [6, 6.07) is 4.17. The standard InChI is InChI=1S/C12H17ClN2O2S3/c1-3-19-7-8(2)15-20(16,17)9-4-5-10(12(14)18)11(13)6-9/h4-6,8,15H,3,7H2,1-2H3,(H2,14,18). The molecule has 1 aromatic rings. The van der Waals surface area contributed by atoms with Crippen molar-refractivity contribution >= 4 is 50.6 Å². The second-order valence-corrected chi connectivity index (χ2v) is 8.07. The summed E-state index contributed by atoms with van der Waals surface area (Å²) < 4.78 is 27.0. The topological polar surface area (TPSA) is 72.2 Å². The molecule has 0 aliphatic heterocycles. The number of thioether (sulfide) groups is 1. The van der Waals surface area contributed by atoms with E-state index >= 15 is 0 Å². The maximum Gasteiger partial charge on any atom is 0.240 e. The predicted molar refractivity (Wildman–Crippen MR) is 90.1 cm³/mol. The molecule has 1 rings (SSSR count). The summed E-state index contributed by atoms with van der Waals surface area (Å²) in [5.74, 6) is 1.66. The Bertz CT molecular complexity index is 590. The molecule has 0 aromatic heterocycles. The summed E-state index contributed by atoms with van der Waals surface area (Å²) in [6.07, 6.45) is 0. The van der Waals surface area contributed by atoms with Crippen molar-refractivity contribution in [3.63, 3.8) is 0 Å². The van der Waals surface area contributed by atoms with Crippen molar-refractivity contribution in [2.45, 2.75) is 24.8 Å². The largest absolute Gasteiger partial charge is 0.389 e. The highest BCUT2D eigenvalue weighted by Gasteiger charge is 2.18. The van der Waals surface area contributed by atoms with Crippen LogP contribution in [0.2, 0.25) is 5.02 Å². The number of hydrogen-bond donors (Lipinski definition) is 2. The molecule has 0 saturated heterocycles. The molecule has 0 amide bonds. The smallest absolute Gasteiger partial charge is 0.240 e. The number of nitrogens with one attached hydrogen (secondary N) is 1. The quantitative estimate of drug-likeness (QED) is 0.737. The lowest BCUT2D eigenvalue weighted by Gasteiger charge is -2.14. The van der Waals surface area contributed by atoms with Crippen LogP contribution in [-0.2, 0) is 10.0 Å². The van der Waals surface area contributed by atoms with Crippen LogP contribution in [0.15, 0.2) is 23.1 Å². The Morgan fingerprint density at radius 1 is 1.55 bits per heavy atom. The molecular weight excluding hydrogens is 336 g/mol. The molecule has 0 fully saturated rings. The lowest BCUT2D eigenvalue weighted by atomic mass is 10.2. The fraction of sp³-hybridized carbons (Fsp3) is 0.417. The summed E-state index contributed by atoms with van der Waals surface area (Å²) in [5, 5.41) is 0.232. The first-order valence-electron chi connectivity index (χ1n) is 5.97. The van der Waals surface area contributed by atoms with Gasteiger partial charge in [-0.15, -0.1) is 0 Å². The highest BCUT2D eigenvalue weighted by Crippen LogP contribution is 2.21. The molecular formula is C12H17ClN2O2S3. The molecule has 112 valence electrons. The van der Waals surface area contributed by atoms with Crippen molar-refractivity contribution in [3.05, 3.63) is 28.8 Å². The molecule has 20 heavy (non-hydrogen) atoms. The summed E-state index contributed by atoms with van der Waals surface area (Å²) >= 11 is 12.5. The maximum atomic E-state index is 12.2. The van der Waals surface area contributed by atoms with Gasteiger partial charge in [-0.1, -0.05) is 30.7 Å². The summed E-state index contributed by atoms with van der Waals surface area (Å²) in [5.41, 5.74) is 5.96. The molecule has 0 heterocycles. The molecule has 1 aromatic carbocycles. The van der Waals surface area contributed by atoms with Crippen molar-refractivity contribution < 1.29 is 8.42 Å². The zero-order chi connectivity index (χ0) is 15.3. The van der Waals surface area contributed by atoms with E-state index in [9.17, 15) is 8.42 Å². The first-order chi connectivity index (χ1) is 9.27. The predicted octanol–water partition coefficient (Wildman–Crippen LogP) is 2.39. The molecule has 4 nitrogen and oxygen atoms in total. The molecule has 0 saturated carbocycles. The normalized spacial score (nSPS) is 13.2. The molecule has 1 unspecified atom stereocenters. The fourth-order valence-corrected chi connectivity index (χ4v) is 4.15. The Hall–Kier alpha value is -0.340. The van der Waals surface area contributed by atoms with E-state index in [4.69, 9.17) is 29.6 Å². The van der Waals surface area contributed by atoms with E-state index in [-0.39, 0.29) is 20.9 Å². The zero-order valence-corrected chi connectivity index (χ0v) is 14.4. The van der Waals surface area contributed by atoms with E-state index in [1.807, 2.05) is 13.8 Å². The van der Waals surface area contributed by atoms with E-state index in [0.29, 0.717) is 11.3 Å². The van der Waals surface area contributed by atoms with Gasteiger partial charge in [0.15, 0.2) is 0 Å². The molecule has 1 atom stereocenters. The van der Waals surface area contributed by atoms with Gasteiger partial charge in [0.05, 0.1) is 9.92 Å². The second-order valence-electron chi connectivity index (χ2n) is 4.19. The van der Waals surface area contributed by atoms with Crippen LogP contribution in [0.3, 0.4) is 0 Å². The van der Waals surface area contributed by atoms with Gasteiger partial charge in [0.1, 0.15) is 4.99 Å². The van der Waals surface area contributed by atoms with Gasteiger partial charge in [-0.2, -0.15) is 11.8 Å². The Morgan fingerprint density at radius 3 is 2.70 bits per heavy atom. The Kier molecular flexibility index (Phi) is 6.74. The molecule has 3 N–H and O–H groups in total. The van der Waals surface area contributed by atoms with Crippen LogP contribution in [0.5, 0.6) is 0 Å². The third-order valence-corrected chi connectivity index (χ3v) is 5.71. The molecule has 8 heteroatoms. The monoisotopic (exact) mass is 352 g/mol.